The van der Waals surface area contributed by atoms with E-state index in [-0.39, 0.29) is 5.54 Å². The van der Waals surface area contributed by atoms with E-state index in [0.29, 0.717) is 0 Å². The molecule has 3 saturated carbocycles. The molecule has 5 unspecified atom stereocenters. The zero-order valence-electron chi connectivity index (χ0n) is 12.3. The van der Waals surface area contributed by atoms with Crippen molar-refractivity contribution in [2.45, 2.75) is 44.1 Å². The van der Waals surface area contributed by atoms with Crippen molar-refractivity contribution in [3.63, 3.8) is 0 Å². The van der Waals surface area contributed by atoms with Crippen LogP contribution in [-0.4, -0.2) is 10.5 Å². The van der Waals surface area contributed by atoms with E-state index in [9.17, 15) is 0 Å². The van der Waals surface area contributed by atoms with Gasteiger partial charge in [0.1, 0.15) is 0 Å². The zero-order chi connectivity index (χ0) is 14.0. The van der Waals surface area contributed by atoms with Gasteiger partial charge in [-0.15, -0.1) is 11.3 Å². The van der Waals surface area contributed by atoms with E-state index in [1.165, 1.54) is 41.8 Å². The molecule has 3 fully saturated rings. The van der Waals surface area contributed by atoms with Gasteiger partial charge in [-0.2, -0.15) is 0 Å². The maximum Gasteiger partial charge on any atom is 0.0957 e. The predicted molar refractivity (Wildman–Crippen MR) is 87.3 cm³/mol. The number of hydrogen-bond acceptors (Lipinski definition) is 3. The highest BCUT2D eigenvalue weighted by Crippen LogP contribution is 2.62. The molecule has 21 heavy (non-hydrogen) atoms. The monoisotopic (exact) mass is 298 g/mol. The fraction of sp³-hybridized carbons (Fsp3) is 0.611. The van der Waals surface area contributed by atoms with Crippen LogP contribution in [-0.2, 0) is 6.42 Å². The van der Waals surface area contributed by atoms with Gasteiger partial charge in [-0.3, -0.25) is 0 Å². The summed E-state index contributed by atoms with van der Waals surface area (Å²) in [6.45, 7) is 0. The summed E-state index contributed by atoms with van der Waals surface area (Å²) in [5, 5.41) is 1.25. The van der Waals surface area contributed by atoms with Crippen LogP contribution >= 0.6 is 11.3 Å². The average Bonchev–Trinajstić information content (AvgIpc) is 3.16. The summed E-state index contributed by atoms with van der Waals surface area (Å²) >= 11 is 1.84. The lowest BCUT2D eigenvalue weighted by Crippen LogP contribution is -2.50. The van der Waals surface area contributed by atoms with Crippen LogP contribution in [0.1, 0.15) is 37.1 Å². The average molecular weight is 298 g/mol. The Labute approximate surface area is 129 Å². The molecule has 0 aliphatic heterocycles. The second-order valence-electron chi connectivity index (χ2n) is 7.55. The SMILES string of the molecule is NC1(Cc2nc3ccccc3s2)CC2CC1C1CCCC21. The van der Waals surface area contributed by atoms with E-state index in [4.69, 9.17) is 10.7 Å². The third kappa shape index (κ3) is 1.77. The standard InChI is InChI=1S/C18H22N2S/c19-18(9-11-8-14(18)13-5-3-4-12(11)13)10-17-20-15-6-1-2-7-16(15)21-17/h1-2,6-7,11-14H,3-5,8-10,19H2. The Kier molecular flexibility index (Phi) is 2.58. The van der Waals surface area contributed by atoms with Crippen molar-refractivity contribution in [1.82, 2.24) is 4.98 Å². The quantitative estimate of drug-likeness (QED) is 0.910. The molecule has 0 saturated heterocycles. The number of nitrogens with two attached hydrogens (primary N) is 1. The zero-order valence-corrected chi connectivity index (χ0v) is 13.1. The summed E-state index contributed by atoms with van der Waals surface area (Å²) in [5.41, 5.74) is 8.09. The van der Waals surface area contributed by atoms with Crippen LogP contribution in [0.3, 0.4) is 0 Å². The first-order valence-electron chi connectivity index (χ1n) is 8.36. The Morgan fingerprint density at radius 2 is 2.10 bits per heavy atom. The largest absolute Gasteiger partial charge is 0.324 e. The number of para-hydroxylation sites is 1. The number of fused-ring (bicyclic) bond motifs is 6. The Bertz CT molecular complexity index is 660. The molecule has 2 N–H and O–H groups in total. The van der Waals surface area contributed by atoms with E-state index in [0.717, 1.165) is 35.6 Å². The van der Waals surface area contributed by atoms with Crippen LogP contribution < -0.4 is 5.73 Å². The van der Waals surface area contributed by atoms with Crippen LogP contribution in [0.2, 0.25) is 0 Å². The molecular formula is C18H22N2S. The van der Waals surface area contributed by atoms with E-state index in [1.807, 2.05) is 11.3 Å². The first kappa shape index (κ1) is 12.6. The Balaban J connectivity index is 1.45. The maximum absolute atomic E-state index is 6.92. The molecule has 3 aliphatic rings. The van der Waals surface area contributed by atoms with Crippen LogP contribution in [0.5, 0.6) is 0 Å². The van der Waals surface area contributed by atoms with Gasteiger partial charge >= 0.3 is 0 Å². The fourth-order valence-electron chi connectivity index (χ4n) is 5.79. The molecule has 1 aromatic heterocycles. The first-order chi connectivity index (χ1) is 10.2. The maximum atomic E-state index is 6.92. The second-order valence-corrected chi connectivity index (χ2v) is 8.67. The summed E-state index contributed by atoms with van der Waals surface area (Å²) in [4.78, 5) is 4.83. The Morgan fingerprint density at radius 3 is 3.00 bits per heavy atom. The van der Waals surface area contributed by atoms with Crippen molar-refractivity contribution in [1.29, 1.82) is 0 Å². The minimum atomic E-state index is 0.0318. The molecule has 3 heteroatoms. The second kappa shape index (κ2) is 4.30. The number of hydrogen-bond donors (Lipinski definition) is 1. The molecular weight excluding hydrogens is 276 g/mol. The number of aromatic nitrogens is 1. The summed E-state index contributed by atoms with van der Waals surface area (Å²) in [7, 11) is 0. The molecule has 2 nitrogen and oxygen atoms in total. The third-order valence-electron chi connectivity index (χ3n) is 6.50. The highest BCUT2D eigenvalue weighted by atomic mass is 32.1. The van der Waals surface area contributed by atoms with E-state index in [1.54, 1.807) is 0 Å². The van der Waals surface area contributed by atoms with Gasteiger partial charge in [0.05, 0.1) is 15.2 Å². The molecule has 0 spiro atoms. The van der Waals surface area contributed by atoms with Gasteiger partial charge in [-0.25, -0.2) is 4.98 Å². The summed E-state index contributed by atoms with van der Waals surface area (Å²) in [6.07, 6.45) is 8.00. The van der Waals surface area contributed by atoms with Crippen molar-refractivity contribution in [3.8, 4) is 0 Å². The Hall–Kier alpha value is -0.930. The van der Waals surface area contributed by atoms with Crippen molar-refractivity contribution in [3.05, 3.63) is 29.3 Å². The van der Waals surface area contributed by atoms with Gasteiger partial charge in [0, 0.05) is 12.0 Å². The number of thiazole rings is 1. The van der Waals surface area contributed by atoms with Crippen LogP contribution in [0.25, 0.3) is 10.2 Å². The highest BCUT2D eigenvalue weighted by Gasteiger charge is 2.59. The number of nitrogens with zero attached hydrogens (tertiary/aromatic N) is 1. The van der Waals surface area contributed by atoms with E-state index in [2.05, 4.69) is 24.3 Å². The van der Waals surface area contributed by atoms with Crippen molar-refractivity contribution in [2.24, 2.45) is 29.4 Å². The minimum absolute atomic E-state index is 0.0318. The normalized spacial score (nSPS) is 41.0. The summed E-state index contributed by atoms with van der Waals surface area (Å²) in [5.74, 6) is 3.63. The molecule has 2 bridgehead atoms. The lowest BCUT2D eigenvalue weighted by molar-refractivity contribution is 0.156. The van der Waals surface area contributed by atoms with E-state index >= 15 is 0 Å². The highest BCUT2D eigenvalue weighted by molar-refractivity contribution is 7.18. The van der Waals surface area contributed by atoms with Crippen molar-refractivity contribution >= 4 is 21.6 Å². The van der Waals surface area contributed by atoms with E-state index < -0.39 is 0 Å². The van der Waals surface area contributed by atoms with Gasteiger partial charge in [0.25, 0.3) is 0 Å². The van der Waals surface area contributed by atoms with Gasteiger partial charge in [-0.05, 0) is 61.5 Å². The molecule has 0 amide bonds. The molecule has 1 aromatic carbocycles. The predicted octanol–water partition coefficient (Wildman–Crippen LogP) is 3.99. The van der Waals surface area contributed by atoms with Crippen LogP contribution in [0.4, 0.5) is 0 Å². The molecule has 5 atom stereocenters. The molecule has 3 aliphatic carbocycles. The Morgan fingerprint density at radius 1 is 1.24 bits per heavy atom. The third-order valence-corrected chi connectivity index (χ3v) is 7.54. The molecule has 0 radical (unpaired) electrons. The molecule has 5 rings (SSSR count). The first-order valence-corrected chi connectivity index (χ1v) is 9.18. The van der Waals surface area contributed by atoms with Crippen molar-refractivity contribution < 1.29 is 0 Å². The summed E-state index contributed by atoms with van der Waals surface area (Å²) < 4.78 is 1.30. The topological polar surface area (TPSA) is 38.9 Å². The number of rotatable bonds is 2. The molecule has 2 aromatic rings. The van der Waals surface area contributed by atoms with Crippen LogP contribution in [0.15, 0.2) is 24.3 Å². The lowest BCUT2D eigenvalue weighted by Gasteiger charge is -2.39. The lowest BCUT2D eigenvalue weighted by atomic mass is 9.70. The van der Waals surface area contributed by atoms with Gasteiger partial charge in [-0.1, -0.05) is 18.6 Å². The van der Waals surface area contributed by atoms with Crippen molar-refractivity contribution in [2.75, 3.05) is 0 Å². The van der Waals surface area contributed by atoms with Gasteiger partial charge in [0.2, 0.25) is 0 Å². The number of benzene rings is 1. The molecule has 1 heterocycles. The van der Waals surface area contributed by atoms with Crippen LogP contribution in [0, 0.1) is 23.7 Å². The molecule has 110 valence electrons. The smallest absolute Gasteiger partial charge is 0.0957 e. The van der Waals surface area contributed by atoms with Gasteiger partial charge in [0.15, 0.2) is 0 Å². The summed E-state index contributed by atoms with van der Waals surface area (Å²) in [6, 6.07) is 8.47. The van der Waals surface area contributed by atoms with Gasteiger partial charge < -0.3 is 5.73 Å². The minimum Gasteiger partial charge on any atom is -0.324 e. The fourth-order valence-corrected chi connectivity index (χ4v) is 6.90.